The van der Waals surface area contributed by atoms with Gasteiger partial charge in [-0.25, -0.2) is 4.98 Å². The zero-order valence-corrected chi connectivity index (χ0v) is 23.5. The maximum absolute atomic E-state index is 12.7. The lowest BCUT2D eigenvalue weighted by atomic mass is 9.87. The summed E-state index contributed by atoms with van der Waals surface area (Å²) in [5.74, 6) is 0.575. The van der Waals surface area contributed by atoms with Crippen molar-refractivity contribution in [3.63, 3.8) is 0 Å². The molecule has 9 nitrogen and oxygen atoms in total. The van der Waals surface area contributed by atoms with Crippen LogP contribution in [0.3, 0.4) is 0 Å². The molecule has 1 saturated heterocycles. The number of nitrogens with zero attached hydrogens (tertiary/aromatic N) is 5. The predicted octanol–water partition coefficient (Wildman–Crippen LogP) is 5.83. The second-order valence-corrected chi connectivity index (χ2v) is 11.6. The van der Waals surface area contributed by atoms with Crippen LogP contribution in [0.25, 0.3) is 44.5 Å². The van der Waals surface area contributed by atoms with Gasteiger partial charge in [-0.2, -0.15) is 5.10 Å². The second kappa shape index (κ2) is 11.0. The number of pyridine rings is 2. The first-order valence-electron chi connectivity index (χ1n) is 14.8. The predicted molar refractivity (Wildman–Crippen MR) is 164 cm³/mol. The number of anilines is 2. The number of aromatic nitrogens is 5. The molecule has 0 bridgehead atoms. The SMILES string of the molecule is CN1CCN(c2ccnc3[nH]c(-c4n[nH]c5ccc(-c6cncc(NC(=O)CC7CCCCC7)c6)cc45)cc23)CC1. The van der Waals surface area contributed by atoms with E-state index < -0.39 is 0 Å². The van der Waals surface area contributed by atoms with Crippen molar-refractivity contribution >= 4 is 39.2 Å². The largest absolute Gasteiger partial charge is 0.368 e. The summed E-state index contributed by atoms with van der Waals surface area (Å²) in [7, 11) is 2.17. The summed E-state index contributed by atoms with van der Waals surface area (Å²) in [6.45, 7) is 4.10. The fraction of sp³-hybridized carbons (Fsp3) is 0.375. The van der Waals surface area contributed by atoms with E-state index in [9.17, 15) is 4.79 Å². The molecule has 0 atom stereocenters. The van der Waals surface area contributed by atoms with Crippen molar-refractivity contribution in [2.45, 2.75) is 38.5 Å². The minimum Gasteiger partial charge on any atom is -0.368 e. The number of carbonyl (C=O) groups is 1. The summed E-state index contributed by atoms with van der Waals surface area (Å²) >= 11 is 0. The van der Waals surface area contributed by atoms with Crippen molar-refractivity contribution in [3.8, 4) is 22.5 Å². The van der Waals surface area contributed by atoms with Crippen LogP contribution < -0.4 is 10.2 Å². The van der Waals surface area contributed by atoms with E-state index in [1.807, 2.05) is 24.5 Å². The topological polar surface area (TPSA) is 106 Å². The molecule has 2 aliphatic rings. The lowest BCUT2D eigenvalue weighted by molar-refractivity contribution is -0.117. The number of nitrogens with one attached hydrogen (secondary N) is 3. The molecule has 5 aromatic rings. The van der Waals surface area contributed by atoms with Crippen LogP contribution in [0.2, 0.25) is 0 Å². The Bertz CT molecular complexity index is 1690. The number of H-pyrrole nitrogens is 2. The van der Waals surface area contributed by atoms with E-state index >= 15 is 0 Å². The van der Waals surface area contributed by atoms with Gasteiger partial charge >= 0.3 is 0 Å². The van der Waals surface area contributed by atoms with Crippen molar-refractivity contribution in [3.05, 3.63) is 55.0 Å². The van der Waals surface area contributed by atoms with Crippen molar-refractivity contribution in [2.75, 3.05) is 43.4 Å². The molecule has 9 heteroatoms. The number of hydrogen-bond acceptors (Lipinski definition) is 6. The number of likely N-dealkylation sites (N-methyl/N-ethyl adjacent to an activating group) is 1. The Balaban J connectivity index is 1.16. The molecule has 0 radical (unpaired) electrons. The molecular weight excluding hydrogens is 512 g/mol. The van der Waals surface area contributed by atoms with Crippen LogP contribution in [0, 0.1) is 5.92 Å². The molecule has 41 heavy (non-hydrogen) atoms. The van der Waals surface area contributed by atoms with Crippen molar-refractivity contribution < 1.29 is 4.79 Å². The molecule has 1 amide bonds. The van der Waals surface area contributed by atoms with Crippen LogP contribution >= 0.6 is 0 Å². The number of benzene rings is 1. The molecule has 5 heterocycles. The van der Waals surface area contributed by atoms with E-state index in [2.05, 4.69) is 71.6 Å². The van der Waals surface area contributed by atoms with E-state index in [0.29, 0.717) is 12.3 Å². The number of fused-ring (bicyclic) bond motifs is 2. The van der Waals surface area contributed by atoms with Gasteiger partial charge in [-0.1, -0.05) is 25.3 Å². The standard InChI is InChI=1S/C32H36N8O/c1-39-11-13-40(14-12-39)29-9-10-34-32-26(29)18-28(36-32)31-25-17-22(7-8-27(25)37-38-31)23-16-24(20-33-19-23)35-30(41)15-21-5-3-2-4-6-21/h7-10,16-21H,2-6,11-15H2,1H3,(H,34,36)(H,35,41)(H,37,38). The first-order chi connectivity index (χ1) is 20.1. The Morgan fingerprint density at radius 2 is 1.83 bits per heavy atom. The second-order valence-electron chi connectivity index (χ2n) is 11.6. The number of aromatic amines is 2. The van der Waals surface area contributed by atoms with Gasteiger partial charge < -0.3 is 20.1 Å². The molecule has 3 N–H and O–H groups in total. The third kappa shape index (κ3) is 5.29. The quantitative estimate of drug-likeness (QED) is 0.247. The number of hydrogen-bond donors (Lipinski definition) is 3. The van der Waals surface area contributed by atoms with Gasteiger partial charge in [-0.3, -0.25) is 14.9 Å². The zero-order chi connectivity index (χ0) is 27.8. The molecule has 1 aromatic carbocycles. The molecule has 4 aromatic heterocycles. The first-order valence-corrected chi connectivity index (χ1v) is 14.8. The number of piperazine rings is 1. The Hall–Kier alpha value is -4.24. The van der Waals surface area contributed by atoms with Gasteiger partial charge in [0.15, 0.2) is 0 Å². The third-order valence-corrected chi connectivity index (χ3v) is 8.72. The molecule has 0 unspecified atom stereocenters. The minimum absolute atomic E-state index is 0.0757. The lowest BCUT2D eigenvalue weighted by Crippen LogP contribution is -2.44. The molecule has 1 aliphatic heterocycles. The number of amides is 1. The first kappa shape index (κ1) is 25.7. The van der Waals surface area contributed by atoms with Gasteiger partial charge in [0, 0.05) is 67.0 Å². The van der Waals surface area contributed by atoms with Crippen molar-refractivity contribution in [1.29, 1.82) is 0 Å². The van der Waals surface area contributed by atoms with Crippen molar-refractivity contribution in [1.82, 2.24) is 30.0 Å². The summed E-state index contributed by atoms with van der Waals surface area (Å²) in [5, 5.41) is 13.1. The Kier molecular flexibility index (Phi) is 6.88. The average molecular weight is 549 g/mol. The molecule has 0 spiro atoms. The van der Waals surface area contributed by atoms with Crippen LogP contribution in [0.4, 0.5) is 11.4 Å². The van der Waals surface area contributed by atoms with Gasteiger partial charge in [0.2, 0.25) is 5.91 Å². The lowest BCUT2D eigenvalue weighted by Gasteiger charge is -2.34. The van der Waals surface area contributed by atoms with E-state index in [0.717, 1.165) is 89.2 Å². The molecule has 210 valence electrons. The van der Waals surface area contributed by atoms with Crippen LogP contribution in [-0.2, 0) is 4.79 Å². The fourth-order valence-corrected chi connectivity index (χ4v) is 6.39. The van der Waals surface area contributed by atoms with Crippen LogP contribution in [0.15, 0.2) is 55.0 Å². The third-order valence-electron chi connectivity index (χ3n) is 8.72. The van der Waals surface area contributed by atoms with E-state index in [1.165, 1.54) is 24.9 Å². The van der Waals surface area contributed by atoms with Crippen LogP contribution in [0.5, 0.6) is 0 Å². The summed E-state index contributed by atoms with van der Waals surface area (Å²) in [6.07, 6.45) is 12.1. The fourth-order valence-electron chi connectivity index (χ4n) is 6.39. The highest BCUT2D eigenvalue weighted by molar-refractivity contribution is 6.00. The molecule has 2 fully saturated rings. The van der Waals surface area contributed by atoms with Gasteiger partial charge in [0.05, 0.1) is 23.1 Å². The molecule has 1 saturated carbocycles. The molecule has 7 rings (SSSR count). The maximum Gasteiger partial charge on any atom is 0.224 e. The van der Waals surface area contributed by atoms with E-state index in [1.54, 1.807) is 6.20 Å². The monoisotopic (exact) mass is 548 g/mol. The molecular formula is C32H36N8O. The van der Waals surface area contributed by atoms with Gasteiger partial charge in [-0.05, 0) is 61.7 Å². The highest BCUT2D eigenvalue weighted by Gasteiger charge is 2.20. The summed E-state index contributed by atoms with van der Waals surface area (Å²) in [5.41, 5.74) is 7.51. The Morgan fingerprint density at radius 3 is 2.68 bits per heavy atom. The zero-order valence-electron chi connectivity index (χ0n) is 23.5. The number of carbonyl (C=O) groups excluding carboxylic acids is 1. The van der Waals surface area contributed by atoms with Crippen LogP contribution in [0.1, 0.15) is 38.5 Å². The maximum atomic E-state index is 12.7. The average Bonchev–Trinajstić information content (AvgIpc) is 3.62. The van der Waals surface area contributed by atoms with Gasteiger partial charge in [0.25, 0.3) is 0 Å². The Labute approximate surface area is 239 Å². The van der Waals surface area contributed by atoms with Crippen molar-refractivity contribution in [2.24, 2.45) is 5.92 Å². The molecule has 1 aliphatic carbocycles. The summed E-state index contributed by atoms with van der Waals surface area (Å²) in [4.78, 5) is 30.1. The van der Waals surface area contributed by atoms with Gasteiger partial charge in [-0.15, -0.1) is 0 Å². The highest BCUT2D eigenvalue weighted by atomic mass is 16.1. The van der Waals surface area contributed by atoms with Gasteiger partial charge in [0.1, 0.15) is 11.3 Å². The van der Waals surface area contributed by atoms with E-state index in [4.69, 9.17) is 0 Å². The summed E-state index contributed by atoms with van der Waals surface area (Å²) in [6, 6.07) is 12.5. The normalized spacial score (nSPS) is 17.0. The Morgan fingerprint density at radius 1 is 0.976 bits per heavy atom. The smallest absolute Gasteiger partial charge is 0.224 e. The van der Waals surface area contributed by atoms with Crippen LogP contribution in [-0.4, -0.2) is 69.2 Å². The highest BCUT2D eigenvalue weighted by Crippen LogP contribution is 2.35. The van der Waals surface area contributed by atoms with E-state index in [-0.39, 0.29) is 5.91 Å². The summed E-state index contributed by atoms with van der Waals surface area (Å²) < 4.78 is 0. The number of rotatable bonds is 6. The minimum atomic E-state index is 0.0757.